The Labute approximate surface area is 141 Å². The molecule has 3 amide bonds. The molecule has 0 atom stereocenters. The van der Waals surface area contributed by atoms with E-state index in [1.165, 1.54) is 4.90 Å². The first-order valence-electron chi connectivity index (χ1n) is 8.04. The molecule has 6 nitrogen and oxygen atoms in total. The molecule has 0 aromatic heterocycles. The number of likely N-dealkylation sites (tertiary alicyclic amines) is 1. The van der Waals surface area contributed by atoms with Gasteiger partial charge in [-0.2, -0.15) is 5.26 Å². The van der Waals surface area contributed by atoms with Crippen molar-refractivity contribution in [3.05, 3.63) is 48.0 Å². The van der Waals surface area contributed by atoms with E-state index < -0.39 is 5.54 Å². The highest BCUT2D eigenvalue weighted by molar-refractivity contribution is 6.07. The zero-order valence-corrected chi connectivity index (χ0v) is 13.5. The van der Waals surface area contributed by atoms with E-state index >= 15 is 0 Å². The number of nitriles is 1. The molecule has 3 rings (SSSR count). The van der Waals surface area contributed by atoms with Crippen LogP contribution in [0.1, 0.15) is 24.0 Å². The molecule has 2 saturated heterocycles. The van der Waals surface area contributed by atoms with Crippen LogP contribution in [-0.2, 0) is 11.3 Å². The number of rotatable bonds is 4. The average molecular weight is 324 g/mol. The Morgan fingerprint density at radius 2 is 2.08 bits per heavy atom. The number of carbonyl (C=O) groups is 2. The van der Waals surface area contributed by atoms with Gasteiger partial charge in [-0.05, 0) is 30.5 Å². The molecule has 0 unspecified atom stereocenters. The highest BCUT2D eigenvalue weighted by Crippen LogP contribution is 2.30. The van der Waals surface area contributed by atoms with E-state index in [0.717, 1.165) is 25.2 Å². The summed E-state index contributed by atoms with van der Waals surface area (Å²) in [6.07, 6.45) is 3.07. The molecule has 2 aliphatic rings. The molecule has 24 heavy (non-hydrogen) atoms. The number of hydrogen-bond donors (Lipinski definition) is 1. The van der Waals surface area contributed by atoms with Crippen molar-refractivity contribution in [3.63, 3.8) is 0 Å². The smallest absolute Gasteiger partial charge is 0.323 e. The Bertz CT molecular complexity index is 714. The molecule has 6 heteroatoms. The second-order valence-electron chi connectivity index (χ2n) is 6.31. The Morgan fingerprint density at radius 3 is 2.75 bits per heavy atom. The normalized spacial score (nSPS) is 20.0. The van der Waals surface area contributed by atoms with E-state index in [2.05, 4.69) is 22.9 Å². The van der Waals surface area contributed by atoms with E-state index in [1.54, 1.807) is 18.2 Å². The predicted molar refractivity (Wildman–Crippen MR) is 88.8 cm³/mol. The number of nitrogens with zero attached hydrogens (tertiary/aromatic N) is 3. The van der Waals surface area contributed by atoms with Gasteiger partial charge in [0.25, 0.3) is 5.91 Å². The second kappa shape index (κ2) is 6.46. The van der Waals surface area contributed by atoms with Gasteiger partial charge in [-0.15, -0.1) is 6.58 Å². The zero-order valence-electron chi connectivity index (χ0n) is 13.5. The van der Waals surface area contributed by atoms with Gasteiger partial charge in [0.15, 0.2) is 0 Å². The fraction of sp³-hybridized carbons (Fsp3) is 0.389. The van der Waals surface area contributed by atoms with Gasteiger partial charge in [0, 0.05) is 19.6 Å². The van der Waals surface area contributed by atoms with Gasteiger partial charge >= 0.3 is 6.03 Å². The maximum atomic E-state index is 12.9. The van der Waals surface area contributed by atoms with Crippen LogP contribution >= 0.6 is 0 Å². The van der Waals surface area contributed by atoms with Crippen molar-refractivity contribution < 1.29 is 9.59 Å². The minimum atomic E-state index is -0.776. The second-order valence-corrected chi connectivity index (χ2v) is 6.31. The number of urea groups is 1. The highest BCUT2D eigenvalue weighted by Gasteiger charge is 2.52. The summed E-state index contributed by atoms with van der Waals surface area (Å²) in [4.78, 5) is 28.7. The summed E-state index contributed by atoms with van der Waals surface area (Å²) >= 11 is 0. The number of nitrogens with one attached hydrogen (secondary N) is 1. The molecule has 1 aromatic carbocycles. The summed E-state index contributed by atoms with van der Waals surface area (Å²) in [6, 6.07) is 8.71. The number of hydrogen-bond acceptors (Lipinski definition) is 4. The molecule has 1 spiro atoms. The van der Waals surface area contributed by atoms with Gasteiger partial charge in [-0.3, -0.25) is 14.6 Å². The first kappa shape index (κ1) is 16.2. The Kier molecular flexibility index (Phi) is 4.36. The third-order valence-corrected chi connectivity index (χ3v) is 4.74. The van der Waals surface area contributed by atoms with E-state index in [0.29, 0.717) is 18.4 Å². The van der Waals surface area contributed by atoms with Crippen molar-refractivity contribution in [1.29, 1.82) is 5.26 Å². The lowest BCUT2D eigenvalue weighted by atomic mass is 9.87. The van der Waals surface area contributed by atoms with Crippen LogP contribution in [0.2, 0.25) is 0 Å². The standard InChI is InChI=1S/C18H20N4O2/c1-2-8-21-9-6-18(7-10-21)16(23)22(17(24)20-18)13-15-5-3-4-14(11-15)12-19/h2-5,11H,1,6-10,13H2,(H,20,24). The third kappa shape index (κ3) is 2.91. The van der Waals surface area contributed by atoms with E-state index in [9.17, 15) is 9.59 Å². The number of amides is 3. The summed E-state index contributed by atoms with van der Waals surface area (Å²) in [7, 11) is 0. The van der Waals surface area contributed by atoms with Gasteiger partial charge in [0.2, 0.25) is 0 Å². The lowest BCUT2D eigenvalue weighted by molar-refractivity contribution is -0.133. The fourth-order valence-corrected chi connectivity index (χ4v) is 3.38. The summed E-state index contributed by atoms with van der Waals surface area (Å²) in [5.74, 6) is -0.159. The molecule has 2 heterocycles. The molecule has 2 aliphatic heterocycles. The van der Waals surface area contributed by atoms with Gasteiger partial charge in [-0.25, -0.2) is 4.79 Å². The van der Waals surface area contributed by atoms with Crippen LogP contribution in [0, 0.1) is 11.3 Å². The molecule has 1 aromatic rings. The SMILES string of the molecule is C=CCN1CCC2(CC1)NC(=O)N(Cc1cccc(C#N)c1)C2=O. The van der Waals surface area contributed by atoms with Crippen molar-refractivity contribution in [2.24, 2.45) is 0 Å². The Morgan fingerprint density at radius 1 is 1.33 bits per heavy atom. The van der Waals surface area contributed by atoms with E-state index in [1.807, 2.05) is 12.1 Å². The van der Waals surface area contributed by atoms with Crippen LogP contribution in [0.25, 0.3) is 0 Å². The molecule has 124 valence electrons. The Hall–Kier alpha value is -2.65. The summed E-state index contributed by atoms with van der Waals surface area (Å²) < 4.78 is 0. The largest absolute Gasteiger partial charge is 0.325 e. The van der Waals surface area contributed by atoms with Crippen molar-refractivity contribution >= 4 is 11.9 Å². The maximum Gasteiger partial charge on any atom is 0.325 e. The van der Waals surface area contributed by atoms with Crippen LogP contribution in [0.5, 0.6) is 0 Å². The van der Waals surface area contributed by atoms with Gasteiger partial charge < -0.3 is 5.32 Å². The number of piperidine rings is 1. The number of imide groups is 1. The average Bonchev–Trinajstić information content (AvgIpc) is 2.82. The number of carbonyl (C=O) groups excluding carboxylic acids is 2. The lowest BCUT2D eigenvalue weighted by Crippen LogP contribution is -2.54. The minimum absolute atomic E-state index is 0.159. The summed E-state index contributed by atoms with van der Waals surface area (Å²) in [5.41, 5.74) is 0.521. The topological polar surface area (TPSA) is 76.4 Å². The van der Waals surface area contributed by atoms with Crippen LogP contribution in [-0.4, -0.2) is 46.9 Å². The quantitative estimate of drug-likeness (QED) is 0.674. The van der Waals surface area contributed by atoms with Crippen LogP contribution < -0.4 is 5.32 Å². The summed E-state index contributed by atoms with van der Waals surface area (Å²) in [6.45, 7) is 6.24. The molecule has 1 N–H and O–H groups in total. The monoisotopic (exact) mass is 324 g/mol. The fourth-order valence-electron chi connectivity index (χ4n) is 3.38. The van der Waals surface area contributed by atoms with Gasteiger partial charge in [0.05, 0.1) is 18.2 Å². The zero-order chi connectivity index (χ0) is 17.2. The lowest BCUT2D eigenvalue weighted by Gasteiger charge is -2.36. The van der Waals surface area contributed by atoms with Crippen LogP contribution in [0.3, 0.4) is 0 Å². The van der Waals surface area contributed by atoms with Crippen LogP contribution in [0.15, 0.2) is 36.9 Å². The van der Waals surface area contributed by atoms with Crippen molar-refractivity contribution in [2.75, 3.05) is 19.6 Å². The van der Waals surface area contributed by atoms with Gasteiger partial charge in [-0.1, -0.05) is 18.2 Å². The third-order valence-electron chi connectivity index (χ3n) is 4.74. The molecule has 0 aliphatic carbocycles. The minimum Gasteiger partial charge on any atom is -0.323 e. The Balaban J connectivity index is 1.73. The highest BCUT2D eigenvalue weighted by atomic mass is 16.2. The molecule has 0 saturated carbocycles. The molecule has 0 bridgehead atoms. The number of benzene rings is 1. The van der Waals surface area contributed by atoms with Gasteiger partial charge in [0.1, 0.15) is 5.54 Å². The summed E-state index contributed by atoms with van der Waals surface area (Å²) in [5, 5.41) is 11.9. The van der Waals surface area contributed by atoms with Crippen LogP contribution in [0.4, 0.5) is 4.79 Å². The predicted octanol–water partition coefficient (Wildman–Crippen LogP) is 1.63. The molecule has 2 fully saturated rings. The maximum absolute atomic E-state index is 12.9. The van der Waals surface area contributed by atoms with Crippen molar-refractivity contribution in [1.82, 2.24) is 15.1 Å². The van der Waals surface area contributed by atoms with E-state index in [-0.39, 0.29) is 18.5 Å². The van der Waals surface area contributed by atoms with Crippen molar-refractivity contribution in [3.8, 4) is 6.07 Å². The van der Waals surface area contributed by atoms with Crippen molar-refractivity contribution in [2.45, 2.75) is 24.9 Å². The molecule has 0 radical (unpaired) electrons. The molecular formula is C18H20N4O2. The van der Waals surface area contributed by atoms with E-state index in [4.69, 9.17) is 5.26 Å². The first-order valence-corrected chi connectivity index (χ1v) is 8.04. The molecular weight excluding hydrogens is 304 g/mol. The first-order chi connectivity index (χ1) is 11.6.